The van der Waals surface area contributed by atoms with E-state index >= 15 is 0 Å². The lowest BCUT2D eigenvalue weighted by molar-refractivity contribution is 0.780. The first-order valence-corrected chi connectivity index (χ1v) is 10.0. The fraction of sp³-hybridized carbons (Fsp3) is 0.308. The van der Waals surface area contributed by atoms with Gasteiger partial charge in [0.2, 0.25) is 0 Å². The SMILES string of the molecule is CCCCc1cc(C)c(-c2ccccc2)c(-c2ccccc2)c1CCC. The maximum Gasteiger partial charge on any atom is -0.00679 e. The lowest BCUT2D eigenvalue weighted by atomic mass is 9.82. The van der Waals surface area contributed by atoms with E-state index in [-0.39, 0.29) is 0 Å². The molecule has 0 amide bonds. The van der Waals surface area contributed by atoms with Crippen LogP contribution >= 0.6 is 0 Å². The van der Waals surface area contributed by atoms with E-state index in [0.29, 0.717) is 0 Å². The first-order valence-electron chi connectivity index (χ1n) is 10.0. The standard InChI is InChI=1S/C26H30/c1-4-6-14-23-19-20(3)25(21-15-9-7-10-16-21)26(24(23)13-5-2)22-17-11-8-12-18-22/h7-12,15-19H,4-6,13-14H2,1-3H3. The third-order valence-corrected chi connectivity index (χ3v) is 5.15. The molecule has 0 radical (unpaired) electrons. The molecule has 3 rings (SSSR count). The molecule has 0 heteroatoms. The molecule has 0 fully saturated rings. The summed E-state index contributed by atoms with van der Waals surface area (Å²) in [6.07, 6.45) is 6.00. The molecule has 0 saturated heterocycles. The Bertz CT molecular complexity index is 829. The summed E-state index contributed by atoms with van der Waals surface area (Å²) in [5.74, 6) is 0. The summed E-state index contributed by atoms with van der Waals surface area (Å²) in [7, 11) is 0. The van der Waals surface area contributed by atoms with Crippen molar-refractivity contribution in [2.45, 2.75) is 52.9 Å². The minimum Gasteiger partial charge on any atom is -0.0654 e. The van der Waals surface area contributed by atoms with E-state index in [2.05, 4.69) is 87.5 Å². The second-order valence-corrected chi connectivity index (χ2v) is 7.17. The number of rotatable bonds is 7. The van der Waals surface area contributed by atoms with E-state index in [1.54, 1.807) is 11.1 Å². The van der Waals surface area contributed by atoms with Crippen LogP contribution in [0, 0.1) is 6.92 Å². The van der Waals surface area contributed by atoms with Crippen LogP contribution in [0.5, 0.6) is 0 Å². The molecule has 0 nitrogen and oxygen atoms in total. The fourth-order valence-corrected chi connectivity index (χ4v) is 3.96. The minimum absolute atomic E-state index is 1.14. The highest BCUT2D eigenvalue weighted by molar-refractivity contribution is 5.88. The van der Waals surface area contributed by atoms with Crippen LogP contribution in [0.2, 0.25) is 0 Å². The minimum atomic E-state index is 1.14. The van der Waals surface area contributed by atoms with Crippen molar-refractivity contribution in [2.75, 3.05) is 0 Å². The van der Waals surface area contributed by atoms with Crippen LogP contribution in [0.3, 0.4) is 0 Å². The number of hydrogen-bond donors (Lipinski definition) is 0. The predicted octanol–water partition coefficient (Wildman–Crippen LogP) is 7.62. The van der Waals surface area contributed by atoms with Gasteiger partial charge in [-0.3, -0.25) is 0 Å². The van der Waals surface area contributed by atoms with Crippen LogP contribution < -0.4 is 0 Å². The van der Waals surface area contributed by atoms with Gasteiger partial charge in [-0.15, -0.1) is 0 Å². The summed E-state index contributed by atoms with van der Waals surface area (Å²) in [6, 6.07) is 24.3. The molecule has 0 aliphatic heterocycles. The van der Waals surface area contributed by atoms with Gasteiger partial charge in [-0.25, -0.2) is 0 Å². The van der Waals surface area contributed by atoms with Crippen molar-refractivity contribution < 1.29 is 0 Å². The maximum absolute atomic E-state index is 2.45. The van der Waals surface area contributed by atoms with Crippen molar-refractivity contribution in [1.82, 2.24) is 0 Å². The molecule has 26 heavy (non-hydrogen) atoms. The van der Waals surface area contributed by atoms with Gasteiger partial charge < -0.3 is 0 Å². The van der Waals surface area contributed by atoms with Crippen LogP contribution in [0.1, 0.15) is 49.8 Å². The van der Waals surface area contributed by atoms with Gasteiger partial charge >= 0.3 is 0 Å². The highest BCUT2D eigenvalue weighted by atomic mass is 14.2. The Balaban J connectivity index is 2.31. The monoisotopic (exact) mass is 342 g/mol. The van der Waals surface area contributed by atoms with Crippen molar-refractivity contribution in [1.29, 1.82) is 0 Å². The molecule has 0 atom stereocenters. The predicted molar refractivity (Wildman–Crippen MR) is 115 cm³/mol. The largest absolute Gasteiger partial charge is 0.0654 e. The Morgan fingerprint density at radius 2 is 1.23 bits per heavy atom. The summed E-state index contributed by atoms with van der Waals surface area (Å²) in [6.45, 7) is 6.85. The maximum atomic E-state index is 2.45. The van der Waals surface area contributed by atoms with E-state index in [1.165, 1.54) is 53.5 Å². The van der Waals surface area contributed by atoms with E-state index in [4.69, 9.17) is 0 Å². The summed E-state index contributed by atoms with van der Waals surface area (Å²) in [5.41, 5.74) is 10.0. The molecule has 3 aromatic carbocycles. The molecule has 0 spiro atoms. The van der Waals surface area contributed by atoms with Gasteiger partial charge in [0, 0.05) is 0 Å². The van der Waals surface area contributed by atoms with Gasteiger partial charge in [-0.2, -0.15) is 0 Å². The van der Waals surface area contributed by atoms with E-state index < -0.39 is 0 Å². The van der Waals surface area contributed by atoms with Crippen LogP contribution in [-0.4, -0.2) is 0 Å². The molecule has 0 unspecified atom stereocenters. The molecule has 0 bridgehead atoms. The van der Waals surface area contributed by atoms with Crippen molar-refractivity contribution in [2.24, 2.45) is 0 Å². The van der Waals surface area contributed by atoms with Crippen molar-refractivity contribution >= 4 is 0 Å². The number of benzene rings is 3. The van der Waals surface area contributed by atoms with Crippen molar-refractivity contribution in [3.8, 4) is 22.3 Å². The first-order chi connectivity index (χ1) is 12.8. The molecule has 3 aromatic rings. The molecule has 0 aliphatic rings. The van der Waals surface area contributed by atoms with Gasteiger partial charge in [0.15, 0.2) is 0 Å². The van der Waals surface area contributed by atoms with Gasteiger partial charge in [0.05, 0.1) is 0 Å². The van der Waals surface area contributed by atoms with E-state index in [1.807, 2.05) is 0 Å². The lowest BCUT2D eigenvalue weighted by Gasteiger charge is -2.22. The number of hydrogen-bond acceptors (Lipinski definition) is 0. The zero-order valence-electron chi connectivity index (χ0n) is 16.4. The van der Waals surface area contributed by atoms with Gasteiger partial charge in [-0.1, -0.05) is 93.4 Å². The quantitative estimate of drug-likeness (QED) is 0.414. The average Bonchev–Trinajstić information content (AvgIpc) is 2.69. The second kappa shape index (κ2) is 8.85. The third kappa shape index (κ3) is 3.90. The third-order valence-electron chi connectivity index (χ3n) is 5.15. The van der Waals surface area contributed by atoms with Crippen LogP contribution in [0.4, 0.5) is 0 Å². The molecule has 0 saturated carbocycles. The fourth-order valence-electron chi connectivity index (χ4n) is 3.96. The van der Waals surface area contributed by atoms with Gasteiger partial charge in [-0.05, 0) is 65.1 Å². The molecule has 134 valence electrons. The summed E-state index contributed by atoms with van der Waals surface area (Å²) >= 11 is 0. The lowest BCUT2D eigenvalue weighted by Crippen LogP contribution is -2.03. The molecule has 0 N–H and O–H groups in total. The average molecular weight is 343 g/mol. The highest BCUT2D eigenvalue weighted by Gasteiger charge is 2.18. The van der Waals surface area contributed by atoms with Crippen LogP contribution in [0.25, 0.3) is 22.3 Å². The van der Waals surface area contributed by atoms with Gasteiger partial charge in [0.25, 0.3) is 0 Å². The zero-order chi connectivity index (χ0) is 18.4. The first kappa shape index (κ1) is 18.5. The molecule has 0 aliphatic carbocycles. The van der Waals surface area contributed by atoms with Crippen molar-refractivity contribution in [3.63, 3.8) is 0 Å². The molecule has 0 heterocycles. The normalized spacial score (nSPS) is 10.9. The molecule has 0 aromatic heterocycles. The topological polar surface area (TPSA) is 0 Å². The summed E-state index contributed by atoms with van der Waals surface area (Å²) in [4.78, 5) is 0. The highest BCUT2D eigenvalue weighted by Crippen LogP contribution is 2.40. The Hall–Kier alpha value is -2.34. The molecular formula is C26H30. The van der Waals surface area contributed by atoms with E-state index in [0.717, 1.165) is 6.42 Å². The molecular weight excluding hydrogens is 312 g/mol. The summed E-state index contributed by atoms with van der Waals surface area (Å²) < 4.78 is 0. The summed E-state index contributed by atoms with van der Waals surface area (Å²) in [5, 5.41) is 0. The Kier molecular flexibility index (Phi) is 6.28. The Morgan fingerprint density at radius 1 is 0.654 bits per heavy atom. The Morgan fingerprint density at radius 3 is 1.77 bits per heavy atom. The number of aryl methyl sites for hydroxylation is 2. The smallest absolute Gasteiger partial charge is 0.00679 e. The zero-order valence-corrected chi connectivity index (χ0v) is 16.4. The van der Waals surface area contributed by atoms with Crippen molar-refractivity contribution in [3.05, 3.63) is 83.4 Å². The van der Waals surface area contributed by atoms with Crippen LogP contribution in [-0.2, 0) is 12.8 Å². The number of unbranched alkanes of at least 4 members (excludes halogenated alkanes) is 1. The Labute approximate surface area is 158 Å². The second-order valence-electron chi connectivity index (χ2n) is 7.17. The van der Waals surface area contributed by atoms with E-state index in [9.17, 15) is 0 Å². The van der Waals surface area contributed by atoms with Crippen LogP contribution in [0.15, 0.2) is 66.7 Å². The van der Waals surface area contributed by atoms with Gasteiger partial charge in [0.1, 0.15) is 0 Å².